The van der Waals surface area contributed by atoms with Crippen molar-refractivity contribution in [1.82, 2.24) is 4.90 Å². The van der Waals surface area contributed by atoms with E-state index in [0.717, 1.165) is 11.1 Å². The second-order valence-corrected chi connectivity index (χ2v) is 5.13. The summed E-state index contributed by atoms with van der Waals surface area (Å²) in [4.78, 5) is 24.3. The lowest BCUT2D eigenvalue weighted by Gasteiger charge is -2.29. The fourth-order valence-electron chi connectivity index (χ4n) is 2.20. The van der Waals surface area contributed by atoms with Crippen LogP contribution in [0, 0.1) is 5.82 Å². The molecule has 0 unspecified atom stereocenters. The maximum Gasteiger partial charge on any atom is 0.322 e. The Labute approximate surface area is 126 Å². The molecule has 0 aromatic heterocycles. The van der Waals surface area contributed by atoms with Crippen LogP contribution in [0.5, 0.6) is 0 Å². The Hall–Kier alpha value is -2.89. The zero-order valence-corrected chi connectivity index (χ0v) is 11.7. The maximum absolute atomic E-state index is 13.0. The van der Waals surface area contributed by atoms with Crippen LogP contribution >= 0.6 is 0 Å². The highest BCUT2D eigenvalue weighted by atomic mass is 19.1. The molecular formula is C16H14FN3O2. The van der Waals surface area contributed by atoms with Gasteiger partial charge < -0.3 is 16.0 Å². The predicted molar refractivity (Wildman–Crippen MR) is 81.8 cm³/mol. The molecule has 0 radical (unpaired) electrons. The molecule has 112 valence electrons. The van der Waals surface area contributed by atoms with Crippen LogP contribution in [0.4, 0.5) is 20.6 Å². The number of amides is 2. The van der Waals surface area contributed by atoms with Crippen LogP contribution in [0.3, 0.4) is 0 Å². The van der Waals surface area contributed by atoms with Gasteiger partial charge in [0, 0.05) is 0 Å². The minimum Gasteiger partial charge on any atom is -0.397 e. The van der Waals surface area contributed by atoms with Crippen LogP contribution in [-0.2, 0) is 4.79 Å². The molecule has 3 N–H and O–H groups in total. The SMILES string of the molecule is Nc1ccc(-c2ccc(F)cc2)cc1NC(=O)N1CC(=O)C1. The van der Waals surface area contributed by atoms with E-state index in [9.17, 15) is 14.0 Å². The summed E-state index contributed by atoms with van der Waals surface area (Å²) < 4.78 is 13.0. The Morgan fingerprint density at radius 2 is 1.73 bits per heavy atom. The minimum atomic E-state index is -0.359. The van der Waals surface area contributed by atoms with E-state index >= 15 is 0 Å². The number of Topliss-reactive ketones (excluding diaryl/α,β-unsaturated/α-hetero) is 1. The van der Waals surface area contributed by atoms with Crippen LogP contribution in [-0.4, -0.2) is 29.8 Å². The molecule has 0 aliphatic carbocycles. The van der Waals surface area contributed by atoms with E-state index in [-0.39, 0.29) is 30.7 Å². The van der Waals surface area contributed by atoms with Gasteiger partial charge in [-0.1, -0.05) is 18.2 Å². The van der Waals surface area contributed by atoms with Crippen molar-refractivity contribution < 1.29 is 14.0 Å². The van der Waals surface area contributed by atoms with Crippen molar-refractivity contribution in [3.05, 3.63) is 48.3 Å². The minimum absolute atomic E-state index is 0.0307. The first kappa shape index (κ1) is 14.1. The highest BCUT2D eigenvalue weighted by molar-refractivity contribution is 6.01. The topological polar surface area (TPSA) is 75.4 Å². The molecule has 2 aromatic rings. The van der Waals surface area contributed by atoms with Crippen LogP contribution in [0.1, 0.15) is 0 Å². The third-order valence-electron chi connectivity index (χ3n) is 3.49. The standard InChI is InChI=1S/C16H14FN3O2/c17-12-4-1-10(2-5-12)11-3-6-14(18)15(7-11)19-16(22)20-8-13(21)9-20/h1-7H,8-9,18H2,(H,19,22). The van der Waals surface area contributed by atoms with Crippen molar-refractivity contribution >= 4 is 23.2 Å². The lowest BCUT2D eigenvalue weighted by Crippen LogP contribution is -2.52. The normalized spacial score (nSPS) is 13.7. The number of nitrogens with two attached hydrogens (primary N) is 1. The van der Waals surface area contributed by atoms with Gasteiger partial charge in [0.05, 0.1) is 24.5 Å². The van der Waals surface area contributed by atoms with Crippen LogP contribution in [0.2, 0.25) is 0 Å². The number of rotatable bonds is 2. The van der Waals surface area contributed by atoms with Crippen molar-refractivity contribution in [2.45, 2.75) is 0 Å². The Balaban J connectivity index is 1.82. The fraction of sp³-hybridized carbons (Fsp3) is 0.125. The number of hydrogen-bond acceptors (Lipinski definition) is 3. The van der Waals surface area contributed by atoms with Gasteiger partial charge in [0.1, 0.15) is 5.82 Å². The summed E-state index contributed by atoms with van der Waals surface area (Å²) in [7, 11) is 0. The molecule has 1 heterocycles. The number of likely N-dealkylation sites (tertiary alicyclic amines) is 1. The first-order valence-corrected chi connectivity index (χ1v) is 6.76. The third kappa shape index (κ3) is 2.76. The third-order valence-corrected chi connectivity index (χ3v) is 3.49. The first-order valence-electron chi connectivity index (χ1n) is 6.76. The smallest absolute Gasteiger partial charge is 0.322 e. The number of hydrogen-bond donors (Lipinski definition) is 2. The second-order valence-electron chi connectivity index (χ2n) is 5.13. The van der Waals surface area contributed by atoms with E-state index in [1.165, 1.54) is 17.0 Å². The average molecular weight is 299 g/mol. The van der Waals surface area contributed by atoms with Crippen molar-refractivity contribution in [3.63, 3.8) is 0 Å². The number of urea groups is 1. The van der Waals surface area contributed by atoms with E-state index in [1.807, 2.05) is 0 Å². The van der Waals surface area contributed by atoms with Crippen LogP contribution in [0.25, 0.3) is 11.1 Å². The first-order chi connectivity index (χ1) is 10.5. The molecule has 1 saturated heterocycles. The maximum atomic E-state index is 13.0. The lowest BCUT2D eigenvalue weighted by molar-refractivity contribution is -0.126. The molecule has 1 aliphatic rings. The van der Waals surface area contributed by atoms with E-state index in [1.54, 1.807) is 30.3 Å². The number of nitrogens with zero attached hydrogens (tertiary/aromatic N) is 1. The van der Waals surface area contributed by atoms with Crippen molar-refractivity contribution in [1.29, 1.82) is 0 Å². The number of halogens is 1. The number of carbonyl (C=O) groups is 2. The molecule has 0 bridgehead atoms. The molecule has 22 heavy (non-hydrogen) atoms. The van der Waals surface area contributed by atoms with Gasteiger partial charge in [-0.15, -0.1) is 0 Å². The molecule has 1 aliphatic heterocycles. The molecule has 2 aromatic carbocycles. The molecule has 3 rings (SSSR count). The number of nitrogens with one attached hydrogen (secondary N) is 1. The summed E-state index contributed by atoms with van der Waals surface area (Å²) in [5, 5.41) is 2.69. The predicted octanol–water partition coefficient (Wildman–Crippen LogP) is 2.49. The van der Waals surface area contributed by atoms with Crippen LogP contribution in [0.15, 0.2) is 42.5 Å². The van der Waals surface area contributed by atoms with Crippen LogP contribution < -0.4 is 11.1 Å². The van der Waals surface area contributed by atoms with Gasteiger partial charge in [-0.05, 0) is 35.4 Å². The summed E-state index contributed by atoms with van der Waals surface area (Å²) in [6.07, 6.45) is 0. The van der Waals surface area contributed by atoms with Gasteiger partial charge in [-0.3, -0.25) is 4.79 Å². The van der Waals surface area contributed by atoms with E-state index < -0.39 is 0 Å². The lowest BCUT2D eigenvalue weighted by atomic mass is 10.0. The number of benzene rings is 2. The summed E-state index contributed by atoms with van der Waals surface area (Å²) in [6, 6.07) is 10.9. The summed E-state index contributed by atoms with van der Waals surface area (Å²) in [5.41, 5.74) is 8.38. The highest BCUT2D eigenvalue weighted by Crippen LogP contribution is 2.27. The average Bonchev–Trinajstić information content (AvgIpc) is 2.47. The molecule has 6 heteroatoms. The highest BCUT2D eigenvalue weighted by Gasteiger charge is 2.28. The molecule has 0 atom stereocenters. The number of nitrogen functional groups attached to an aromatic ring is 1. The number of carbonyl (C=O) groups excluding carboxylic acids is 2. The molecule has 0 saturated carbocycles. The molecule has 0 spiro atoms. The van der Waals surface area contributed by atoms with E-state index in [0.29, 0.717) is 11.4 Å². The number of ketones is 1. The van der Waals surface area contributed by atoms with Gasteiger partial charge >= 0.3 is 6.03 Å². The van der Waals surface area contributed by atoms with Gasteiger partial charge in [0.15, 0.2) is 5.78 Å². The van der Waals surface area contributed by atoms with E-state index in [2.05, 4.69) is 5.32 Å². The Kier molecular flexibility index (Phi) is 3.50. The molecule has 1 fully saturated rings. The van der Waals surface area contributed by atoms with Gasteiger partial charge in [-0.25, -0.2) is 9.18 Å². The molecule has 5 nitrogen and oxygen atoms in total. The Morgan fingerprint density at radius 1 is 1.09 bits per heavy atom. The Morgan fingerprint density at radius 3 is 2.36 bits per heavy atom. The van der Waals surface area contributed by atoms with Gasteiger partial charge in [0.25, 0.3) is 0 Å². The summed E-state index contributed by atoms with van der Waals surface area (Å²) in [5.74, 6) is -0.279. The Bertz CT molecular complexity index is 736. The monoisotopic (exact) mass is 299 g/mol. The van der Waals surface area contributed by atoms with Gasteiger partial charge in [-0.2, -0.15) is 0 Å². The molecular weight excluding hydrogens is 285 g/mol. The number of anilines is 2. The largest absolute Gasteiger partial charge is 0.397 e. The van der Waals surface area contributed by atoms with Gasteiger partial charge in [0.2, 0.25) is 0 Å². The quantitative estimate of drug-likeness (QED) is 0.837. The molecule has 2 amide bonds. The summed E-state index contributed by atoms with van der Waals surface area (Å²) >= 11 is 0. The van der Waals surface area contributed by atoms with Crippen molar-refractivity contribution in [3.8, 4) is 11.1 Å². The second kappa shape index (κ2) is 5.48. The fourth-order valence-corrected chi connectivity index (χ4v) is 2.20. The zero-order valence-electron chi connectivity index (χ0n) is 11.7. The summed E-state index contributed by atoms with van der Waals surface area (Å²) in [6.45, 7) is 0.257. The zero-order chi connectivity index (χ0) is 15.7. The van der Waals surface area contributed by atoms with Crippen molar-refractivity contribution in [2.75, 3.05) is 24.1 Å². The van der Waals surface area contributed by atoms with Crippen molar-refractivity contribution in [2.24, 2.45) is 0 Å². The van der Waals surface area contributed by atoms with E-state index in [4.69, 9.17) is 5.73 Å².